The Morgan fingerprint density at radius 2 is 1.48 bits per heavy atom. The van der Waals surface area contributed by atoms with E-state index in [4.69, 9.17) is 0 Å². The van der Waals surface area contributed by atoms with E-state index in [1.165, 1.54) is 0 Å². The van der Waals surface area contributed by atoms with Crippen LogP contribution in [0.3, 0.4) is 0 Å². The normalized spacial score (nSPS) is 13.0. The molecule has 0 saturated carbocycles. The third kappa shape index (κ3) is 12.3. The molecule has 0 N–H and O–H groups in total. The summed E-state index contributed by atoms with van der Waals surface area (Å²) in [5, 5.41) is 0. The van der Waals surface area contributed by atoms with Gasteiger partial charge in [0, 0.05) is 0 Å². The molecule has 0 fully saturated rings. The molecular weight excluding hydrogens is 400 g/mol. The molecular formula is C17H24F4O4Si2. The van der Waals surface area contributed by atoms with E-state index in [-0.39, 0.29) is 6.61 Å². The van der Waals surface area contributed by atoms with Crippen molar-refractivity contribution >= 4 is 28.1 Å². The summed E-state index contributed by atoms with van der Waals surface area (Å²) in [7, 11) is -3.75. The molecule has 1 atom stereocenters. The van der Waals surface area contributed by atoms with E-state index in [0.717, 1.165) is 0 Å². The lowest BCUT2D eigenvalue weighted by Crippen LogP contribution is -2.35. The van der Waals surface area contributed by atoms with Crippen molar-refractivity contribution in [2.45, 2.75) is 64.2 Å². The van der Waals surface area contributed by atoms with Crippen LogP contribution in [0.4, 0.5) is 17.6 Å². The smallest absolute Gasteiger partial charge is 0.418 e. The lowest BCUT2D eigenvalue weighted by atomic mass is 10.1. The molecule has 0 aromatic heterocycles. The van der Waals surface area contributed by atoms with Crippen LogP contribution in [0.2, 0.25) is 39.3 Å². The van der Waals surface area contributed by atoms with E-state index in [1.54, 1.807) is 19.6 Å². The van der Waals surface area contributed by atoms with Crippen LogP contribution in [0, 0.1) is 22.9 Å². The Morgan fingerprint density at radius 3 is 1.93 bits per heavy atom. The van der Waals surface area contributed by atoms with Crippen LogP contribution in [-0.2, 0) is 19.1 Å². The highest BCUT2D eigenvalue weighted by molar-refractivity contribution is 6.84. The number of alkyl halides is 4. The summed E-state index contributed by atoms with van der Waals surface area (Å²) in [4.78, 5) is 23.3. The minimum atomic E-state index is -4.41. The predicted octanol–water partition coefficient (Wildman–Crippen LogP) is 3.49. The summed E-state index contributed by atoms with van der Waals surface area (Å²) in [5.74, 6) is -2.58. The zero-order valence-electron chi connectivity index (χ0n) is 16.2. The molecule has 0 aliphatic carbocycles. The van der Waals surface area contributed by atoms with Crippen molar-refractivity contribution < 1.29 is 36.6 Å². The second kappa shape index (κ2) is 9.95. The first-order chi connectivity index (χ1) is 12.0. The molecule has 152 valence electrons. The van der Waals surface area contributed by atoms with Gasteiger partial charge in [0.05, 0.1) is 6.42 Å². The molecule has 0 aliphatic rings. The molecule has 0 amide bonds. The lowest BCUT2D eigenvalue weighted by Gasteiger charge is -2.19. The Kier molecular flexibility index (Phi) is 9.29. The van der Waals surface area contributed by atoms with Gasteiger partial charge >= 0.3 is 24.3 Å². The van der Waals surface area contributed by atoms with Crippen LogP contribution >= 0.6 is 0 Å². The van der Waals surface area contributed by atoms with E-state index in [0.29, 0.717) is 0 Å². The fourth-order valence-corrected chi connectivity index (χ4v) is 2.59. The first kappa shape index (κ1) is 25.2. The third-order valence-corrected chi connectivity index (χ3v) is 4.36. The quantitative estimate of drug-likeness (QED) is 0.223. The van der Waals surface area contributed by atoms with Crippen molar-refractivity contribution in [3.8, 4) is 22.9 Å². The number of ether oxygens (including phenoxy) is 2. The Labute approximate surface area is 159 Å². The number of rotatable bonds is 5. The monoisotopic (exact) mass is 424 g/mol. The average Bonchev–Trinajstić information content (AvgIpc) is 2.46. The van der Waals surface area contributed by atoms with Gasteiger partial charge < -0.3 is 9.47 Å². The van der Waals surface area contributed by atoms with Crippen LogP contribution in [0.15, 0.2) is 0 Å². The number of carbonyl (C=O) groups excluding carboxylic acids is 2. The van der Waals surface area contributed by atoms with E-state index >= 15 is 0 Å². The molecule has 0 saturated heterocycles. The van der Waals surface area contributed by atoms with Gasteiger partial charge in [-0.05, 0) is 0 Å². The third-order valence-electron chi connectivity index (χ3n) is 2.54. The fraction of sp³-hybridized carbons (Fsp3) is 0.647. The van der Waals surface area contributed by atoms with Gasteiger partial charge in [0.1, 0.15) is 16.1 Å². The van der Waals surface area contributed by atoms with Crippen LogP contribution < -0.4 is 0 Å². The van der Waals surface area contributed by atoms with Crippen LogP contribution in [0.25, 0.3) is 0 Å². The summed E-state index contributed by atoms with van der Waals surface area (Å²) in [6.07, 6.45) is -7.32. The summed E-state index contributed by atoms with van der Waals surface area (Å²) in [6, 6.07) is 0. The molecule has 27 heavy (non-hydrogen) atoms. The van der Waals surface area contributed by atoms with Crippen molar-refractivity contribution in [1.29, 1.82) is 0 Å². The number of esters is 2. The minimum absolute atomic E-state index is 0.364. The Bertz CT molecular complexity index is 659. The summed E-state index contributed by atoms with van der Waals surface area (Å²) < 4.78 is 60.6. The second-order valence-corrected chi connectivity index (χ2v) is 17.3. The van der Waals surface area contributed by atoms with Crippen molar-refractivity contribution in [1.82, 2.24) is 0 Å². The number of hydrogen-bond acceptors (Lipinski definition) is 4. The molecule has 4 nitrogen and oxygen atoms in total. The molecule has 0 aliphatic heterocycles. The maximum atomic E-state index is 13.3. The molecule has 1 unspecified atom stereocenters. The zero-order valence-corrected chi connectivity index (χ0v) is 18.2. The second-order valence-electron chi connectivity index (χ2n) is 7.81. The molecule has 0 radical (unpaired) electrons. The average molecular weight is 425 g/mol. The number of carbonyl (C=O) groups is 2. The summed E-state index contributed by atoms with van der Waals surface area (Å²) in [6.45, 7) is 10.9. The van der Waals surface area contributed by atoms with Gasteiger partial charge in [0.25, 0.3) is 0 Å². The topological polar surface area (TPSA) is 52.6 Å². The Hall–Kier alpha value is -1.79. The molecule has 0 heterocycles. The van der Waals surface area contributed by atoms with E-state index in [2.05, 4.69) is 32.4 Å². The highest BCUT2D eigenvalue weighted by Gasteiger charge is 2.44. The standard InChI is InChI=1S/C17H24F4O4Si2/c1-26(2,3)10-7-9-24-14(22)15(23)25-13(8-11-27(4,5)6)12-17(20,21)16(18)19/h13,16H,9,12H2,1-6H3. The molecule has 0 aromatic carbocycles. The number of halogens is 4. The zero-order chi connectivity index (χ0) is 21.5. The maximum absolute atomic E-state index is 13.3. The molecule has 10 heteroatoms. The highest BCUT2D eigenvalue weighted by Crippen LogP contribution is 2.29. The molecule has 0 aromatic rings. The first-order valence-electron chi connectivity index (χ1n) is 8.10. The van der Waals surface area contributed by atoms with Gasteiger partial charge in [-0.3, -0.25) is 0 Å². The molecule has 0 rings (SSSR count). The minimum Gasteiger partial charge on any atom is -0.444 e. The van der Waals surface area contributed by atoms with Crippen molar-refractivity contribution in [2.24, 2.45) is 0 Å². The Morgan fingerprint density at radius 1 is 0.963 bits per heavy atom. The van der Waals surface area contributed by atoms with Gasteiger partial charge in [-0.25, -0.2) is 27.2 Å². The maximum Gasteiger partial charge on any atom is 0.418 e. The van der Waals surface area contributed by atoms with Crippen molar-refractivity contribution in [2.75, 3.05) is 6.61 Å². The van der Waals surface area contributed by atoms with E-state index < -0.39 is 53.0 Å². The van der Waals surface area contributed by atoms with Gasteiger partial charge in [-0.2, -0.15) is 0 Å². The molecule has 0 spiro atoms. The van der Waals surface area contributed by atoms with Gasteiger partial charge in [0.2, 0.25) is 0 Å². The van der Waals surface area contributed by atoms with Crippen LogP contribution in [0.1, 0.15) is 6.42 Å². The molecule has 0 bridgehead atoms. The largest absolute Gasteiger partial charge is 0.444 e. The van der Waals surface area contributed by atoms with E-state index in [1.807, 2.05) is 19.6 Å². The van der Waals surface area contributed by atoms with Crippen molar-refractivity contribution in [3.63, 3.8) is 0 Å². The summed E-state index contributed by atoms with van der Waals surface area (Å²) >= 11 is 0. The van der Waals surface area contributed by atoms with Gasteiger partial charge in [-0.1, -0.05) is 51.1 Å². The van der Waals surface area contributed by atoms with Crippen LogP contribution in [0.5, 0.6) is 0 Å². The van der Waals surface area contributed by atoms with Crippen molar-refractivity contribution in [3.05, 3.63) is 0 Å². The SMILES string of the molecule is C[Si](C)(C)C#CCOC(=O)C(=O)OC(C#C[Si](C)(C)C)CC(F)(F)C(F)F. The first-order valence-corrected chi connectivity index (χ1v) is 15.1. The Balaban J connectivity index is 5.08. The number of hydrogen-bond donors (Lipinski definition) is 0. The van der Waals surface area contributed by atoms with E-state index in [9.17, 15) is 27.2 Å². The van der Waals surface area contributed by atoms with Crippen LogP contribution in [-0.4, -0.2) is 53.1 Å². The van der Waals surface area contributed by atoms with Gasteiger partial charge in [0.15, 0.2) is 12.7 Å². The fourth-order valence-electron chi connectivity index (χ4n) is 1.39. The summed E-state index contributed by atoms with van der Waals surface area (Å²) in [5.41, 5.74) is 5.56. The predicted molar refractivity (Wildman–Crippen MR) is 98.7 cm³/mol. The highest BCUT2D eigenvalue weighted by atomic mass is 28.3. The lowest BCUT2D eigenvalue weighted by molar-refractivity contribution is -0.175. The van der Waals surface area contributed by atoms with Gasteiger partial charge in [-0.15, -0.1) is 11.1 Å².